The second-order valence-corrected chi connectivity index (χ2v) is 3.62. The van der Waals surface area contributed by atoms with E-state index in [1.165, 1.54) is 0 Å². The molecule has 0 fully saturated rings. The third-order valence-electron chi connectivity index (χ3n) is 2.27. The fourth-order valence-electron chi connectivity index (χ4n) is 1.37. The number of rotatable bonds is 0. The van der Waals surface area contributed by atoms with Crippen LogP contribution in [0.15, 0.2) is 55.0 Å². The molecule has 0 aliphatic rings. The summed E-state index contributed by atoms with van der Waals surface area (Å²) in [7, 11) is 0. The highest BCUT2D eigenvalue weighted by Gasteiger charge is 1.94. The van der Waals surface area contributed by atoms with Gasteiger partial charge in [0.2, 0.25) is 0 Å². The molecular weight excluding hydrogens is 246 g/mol. The van der Waals surface area contributed by atoms with E-state index in [-0.39, 0.29) is 0 Å². The van der Waals surface area contributed by atoms with Crippen LogP contribution in [0.1, 0.15) is 16.8 Å². The van der Waals surface area contributed by atoms with Crippen molar-refractivity contribution in [3.05, 3.63) is 71.8 Å². The molecule has 0 spiro atoms. The Hall–Kier alpha value is -3.35. The Morgan fingerprint density at radius 2 is 1.70 bits per heavy atom. The van der Waals surface area contributed by atoms with E-state index in [0.29, 0.717) is 16.8 Å². The summed E-state index contributed by atoms with van der Waals surface area (Å²) < 4.78 is 0. The summed E-state index contributed by atoms with van der Waals surface area (Å²) in [5.41, 5.74) is 1.89. The Morgan fingerprint density at radius 1 is 0.950 bits per heavy atom. The van der Waals surface area contributed by atoms with Gasteiger partial charge in [-0.3, -0.25) is 4.98 Å². The lowest BCUT2D eigenvalue weighted by molar-refractivity contribution is 1.17. The fourth-order valence-corrected chi connectivity index (χ4v) is 1.37. The van der Waals surface area contributed by atoms with E-state index in [2.05, 4.69) is 39.7 Å². The number of benzene rings is 1. The number of hydrogen-bond donors (Lipinski definition) is 0. The number of hydrogen-bond acceptors (Lipinski definition) is 3. The average Bonchev–Trinajstić information content (AvgIpc) is 2.52. The molecule has 1 aromatic heterocycles. The molecule has 92 valence electrons. The summed E-state index contributed by atoms with van der Waals surface area (Å²) in [5.74, 6) is 11.4. The smallest absolute Gasteiger partial charge is 0.131 e. The summed E-state index contributed by atoms with van der Waals surface area (Å²) in [5, 5.41) is 8.91. The molecule has 0 N–H and O–H groups in total. The minimum absolute atomic E-state index is 0.569. The van der Waals surface area contributed by atoms with Crippen molar-refractivity contribution in [3.8, 4) is 29.8 Å². The molecule has 1 aromatic carbocycles. The van der Waals surface area contributed by atoms with Crippen LogP contribution in [-0.2, 0) is 0 Å². The van der Waals surface area contributed by atoms with Crippen LogP contribution in [0.25, 0.3) is 0 Å². The van der Waals surface area contributed by atoms with Crippen LogP contribution in [0.3, 0.4) is 0 Å². The molecule has 1 heterocycles. The van der Waals surface area contributed by atoms with Crippen LogP contribution in [0, 0.1) is 35.0 Å². The Labute approximate surface area is 117 Å². The maximum atomic E-state index is 8.91. The van der Waals surface area contributed by atoms with E-state index in [0.717, 1.165) is 0 Å². The maximum Gasteiger partial charge on any atom is 0.131 e. The van der Waals surface area contributed by atoms with E-state index < -0.39 is 0 Å². The molecule has 0 saturated heterocycles. The lowest BCUT2D eigenvalue weighted by Crippen LogP contribution is -1.81. The lowest BCUT2D eigenvalue weighted by atomic mass is 10.1. The van der Waals surface area contributed by atoms with E-state index >= 15 is 0 Å². The Bertz CT molecular complexity index is 776. The predicted molar refractivity (Wildman–Crippen MR) is 76.1 cm³/mol. The molecule has 0 aliphatic carbocycles. The van der Waals surface area contributed by atoms with Gasteiger partial charge in [-0.25, -0.2) is 4.98 Å². The zero-order valence-corrected chi connectivity index (χ0v) is 10.5. The Morgan fingerprint density at radius 3 is 2.40 bits per heavy atom. The second-order valence-electron chi connectivity index (χ2n) is 3.62. The summed E-state index contributed by atoms with van der Waals surface area (Å²) in [6.45, 7) is 0. The van der Waals surface area contributed by atoms with Crippen LogP contribution >= 0.6 is 0 Å². The molecule has 0 atom stereocenters. The van der Waals surface area contributed by atoms with Gasteiger partial charge >= 0.3 is 0 Å². The standard InChI is InChI=1S/C17H9N3/c18-13-16-9-6-5-8-15(16)7-3-1-2-4-10-17-14-19-11-12-20-17/h1-2,5-6,8-9,11-12,14H. The van der Waals surface area contributed by atoms with Gasteiger partial charge < -0.3 is 0 Å². The Kier molecular flexibility index (Phi) is 4.69. The maximum absolute atomic E-state index is 8.91. The van der Waals surface area contributed by atoms with Gasteiger partial charge in [-0.15, -0.1) is 0 Å². The van der Waals surface area contributed by atoms with Gasteiger partial charge in [-0.2, -0.15) is 5.26 Å². The molecule has 20 heavy (non-hydrogen) atoms. The van der Waals surface area contributed by atoms with Crippen LogP contribution in [0.5, 0.6) is 0 Å². The second kappa shape index (κ2) is 7.17. The van der Waals surface area contributed by atoms with Gasteiger partial charge in [0, 0.05) is 18.0 Å². The zero-order chi connectivity index (χ0) is 14.0. The van der Waals surface area contributed by atoms with Crippen molar-refractivity contribution in [2.45, 2.75) is 0 Å². The van der Waals surface area contributed by atoms with Crippen molar-refractivity contribution >= 4 is 0 Å². The van der Waals surface area contributed by atoms with E-state index in [4.69, 9.17) is 5.26 Å². The van der Waals surface area contributed by atoms with E-state index in [9.17, 15) is 0 Å². The van der Waals surface area contributed by atoms with Crippen molar-refractivity contribution in [2.24, 2.45) is 0 Å². The average molecular weight is 255 g/mol. The zero-order valence-electron chi connectivity index (χ0n) is 10.5. The SMILES string of the molecule is N#Cc1ccccc1C#CC=CC#Cc1cnccn1. The normalized spacial score (nSPS) is 8.95. The van der Waals surface area contributed by atoms with Crippen LogP contribution in [0.4, 0.5) is 0 Å². The molecule has 3 heteroatoms. The highest BCUT2D eigenvalue weighted by Crippen LogP contribution is 2.04. The van der Waals surface area contributed by atoms with Gasteiger partial charge in [0.15, 0.2) is 0 Å². The molecule has 0 saturated carbocycles. The lowest BCUT2D eigenvalue weighted by Gasteiger charge is -1.91. The minimum atomic E-state index is 0.569. The van der Waals surface area contributed by atoms with Crippen LogP contribution in [0.2, 0.25) is 0 Å². The van der Waals surface area contributed by atoms with Crippen molar-refractivity contribution in [3.63, 3.8) is 0 Å². The molecular formula is C17H9N3. The third-order valence-corrected chi connectivity index (χ3v) is 2.27. The van der Waals surface area contributed by atoms with Crippen molar-refractivity contribution < 1.29 is 0 Å². The molecule has 0 unspecified atom stereocenters. The van der Waals surface area contributed by atoms with Gasteiger partial charge in [0.05, 0.1) is 11.8 Å². The molecule has 2 aromatic rings. The molecule has 0 bridgehead atoms. The summed E-state index contributed by atoms with van der Waals surface area (Å²) in [6.07, 6.45) is 8.05. The third kappa shape index (κ3) is 3.84. The first kappa shape index (κ1) is 13.1. The number of nitriles is 1. The summed E-state index contributed by atoms with van der Waals surface area (Å²) in [6, 6.07) is 9.31. The number of aromatic nitrogens is 2. The van der Waals surface area contributed by atoms with Crippen LogP contribution in [-0.4, -0.2) is 9.97 Å². The van der Waals surface area contributed by atoms with E-state index in [1.807, 2.05) is 18.2 Å². The van der Waals surface area contributed by atoms with Crippen molar-refractivity contribution in [2.75, 3.05) is 0 Å². The Balaban J connectivity index is 2.04. The first-order chi connectivity index (χ1) is 9.90. The monoisotopic (exact) mass is 255 g/mol. The summed E-state index contributed by atoms with van der Waals surface area (Å²) in [4.78, 5) is 7.94. The fraction of sp³-hybridized carbons (Fsp3) is 0. The summed E-state index contributed by atoms with van der Waals surface area (Å²) >= 11 is 0. The van der Waals surface area contributed by atoms with Crippen molar-refractivity contribution in [1.82, 2.24) is 9.97 Å². The minimum Gasteiger partial charge on any atom is -0.260 e. The topological polar surface area (TPSA) is 49.6 Å². The van der Waals surface area contributed by atoms with Gasteiger partial charge in [-0.05, 0) is 30.2 Å². The van der Waals surface area contributed by atoms with E-state index in [1.54, 1.807) is 36.8 Å². The largest absolute Gasteiger partial charge is 0.260 e. The van der Waals surface area contributed by atoms with Gasteiger partial charge in [-0.1, -0.05) is 29.9 Å². The quantitative estimate of drug-likeness (QED) is 0.679. The first-order valence-corrected chi connectivity index (χ1v) is 5.83. The van der Waals surface area contributed by atoms with Gasteiger partial charge in [0.25, 0.3) is 0 Å². The van der Waals surface area contributed by atoms with Crippen molar-refractivity contribution in [1.29, 1.82) is 5.26 Å². The molecule has 3 nitrogen and oxygen atoms in total. The highest BCUT2D eigenvalue weighted by molar-refractivity contribution is 5.49. The number of allylic oxidation sites excluding steroid dienone is 2. The van der Waals surface area contributed by atoms with Gasteiger partial charge in [0.1, 0.15) is 11.8 Å². The predicted octanol–water partition coefficient (Wildman–Crippen LogP) is 2.31. The molecule has 0 radical (unpaired) electrons. The molecule has 0 amide bonds. The highest BCUT2D eigenvalue weighted by atomic mass is 14.7. The van der Waals surface area contributed by atoms with Crippen LogP contribution < -0.4 is 0 Å². The molecule has 0 aliphatic heterocycles. The number of nitrogens with zero attached hydrogens (tertiary/aromatic N) is 3. The molecule has 2 rings (SSSR count). The first-order valence-electron chi connectivity index (χ1n) is 5.83.